The first-order chi connectivity index (χ1) is 15.3. The summed E-state index contributed by atoms with van der Waals surface area (Å²) in [5, 5.41) is 4.94. The molecule has 3 rings (SSSR count). The fraction of sp³-hybridized carbons (Fsp3) is 0.318. The van der Waals surface area contributed by atoms with Gasteiger partial charge in [0.1, 0.15) is 5.69 Å². The number of rotatable bonds is 6. The van der Waals surface area contributed by atoms with E-state index in [1.54, 1.807) is 31.2 Å². The Hall–Kier alpha value is -3.95. The van der Waals surface area contributed by atoms with E-state index >= 15 is 0 Å². The van der Waals surface area contributed by atoms with Crippen LogP contribution in [-0.2, 0) is 17.7 Å². The summed E-state index contributed by atoms with van der Waals surface area (Å²) in [5.74, 6) is -1.85. The average Bonchev–Trinajstić information content (AvgIpc) is 3.15. The van der Waals surface area contributed by atoms with Crippen LogP contribution in [-0.4, -0.2) is 39.7 Å². The number of fused-ring (bicyclic) bond motifs is 1. The predicted molar refractivity (Wildman–Crippen MR) is 117 cm³/mol. The number of hydrogen-bond acceptors (Lipinski definition) is 6. The van der Waals surface area contributed by atoms with E-state index in [-0.39, 0.29) is 16.9 Å². The van der Waals surface area contributed by atoms with Crippen LogP contribution in [0.3, 0.4) is 0 Å². The lowest BCUT2D eigenvalue weighted by atomic mass is 10.1. The summed E-state index contributed by atoms with van der Waals surface area (Å²) < 4.78 is 6.03. The van der Waals surface area contributed by atoms with Crippen LogP contribution in [0.1, 0.15) is 62.9 Å². The molecule has 168 valence electrons. The number of esters is 1. The molecule has 0 saturated carbocycles. The third-order valence-corrected chi connectivity index (χ3v) is 5.11. The van der Waals surface area contributed by atoms with E-state index in [9.17, 15) is 19.2 Å². The second-order valence-corrected chi connectivity index (χ2v) is 7.15. The molecule has 2 aromatic heterocycles. The SMILES string of the molecule is CCCn1nc(C(=O)NNC(=O)c2[nH]c(CC)c(C(=O)OC)c2C)c2ccccc2c1=O. The van der Waals surface area contributed by atoms with Crippen molar-refractivity contribution in [2.24, 2.45) is 0 Å². The van der Waals surface area contributed by atoms with Crippen LogP contribution in [0, 0.1) is 6.92 Å². The number of methoxy groups -OCH3 is 1. The molecule has 0 aliphatic carbocycles. The molecule has 1 aromatic carbocycles. The highest BCUT2D eigenvalue weighted by molar-refractivity contribution is 6.06. The Bertz CT molecular complexity index is 1260. The standard InChI is InChI=1S/C22H25N5O5/c1-5-11-27-21(30)14-10-8-7-9-13(14)18(26-27)20(29)25-24-19(28)17-12(3)16(22(31)32-4)15(6-2)23-17/h7-10,23H,5-6,11H2,1-4H3,(H,24,28)(H,25,29). The van der Waals surface area contributed by atoms with Gasteiger partial charge in [-0.25, -0.2) is 9.48 Å². The van der Waals surface area contributed by atoms with Gasteiger partial charge in [0.15, 0.2) is 5.69 Å². The van der Waals surface area contributed by atoms with Gasteiger partial charge in [0, 0.05) is 17.6 Å². The van der Waals surface area contributed by atoms with Gasteiger partial charge in [-0.1, -0.05) is 32.0 Å². The Morgan fingerprint density at radius 1 is 1.09 bits per heavy atom. The summed E-state index contributed by atoms with van der Waals surface area (Å²) in [6, 6.07) is 6.67. The summed E-state index contributed by atoms with van der Waals surface area (Å²) in [4.78, 5) is 53.1. The molecule has 0 unspecified atom stereocenters. The number of nitrogens with one attached hydrogen (secondary N) is 3. The predicted octanol–water partition coefficient (Wildman–Crippen LogP) is 1.87. The second kappa shape index (κ2) is 9.46. The molecular weight excluding hydrogens is 414 g/mol. The fourth-order valence-corrected chi connectivity index (χ4v) is 3.53. The Morgan fingerprint density at radius 2 is 1.75 bits per heavy atom. The van der Waals surface area contributed by atoms with Gasteiger partial charge < -0.3 is 9.72 Å². The van der Waals surface area contributed by atoms with Gasteiger partial charge in [0.25, 0.3) is 17.4 Å². The molecule has 10 heteroatoms. The zero-order chi connectivity index (χ0) is 23.4. The molecule has 0 aliphatic heterocycles. The summed E-state index contributed by atoms with van der Waals surface area (Å²) in [7, 11) is 1.27. The number of carbonyl (C=O) groups excluding carboxylic acids is 3. The van der Waals surface area contributed by atoms with E-state index in [1.807, 2.05) is 13.8 Å². The van der Waals surface area contributed by atoms with Crippen LogP contribution in [0.5, 0.6) is 0 Å². The Morgan fingerprint density at radius 3 is 2.38 bits per heavy atom. The van der Waals surface area contributed by atoms with Gasteiger partial charge in [-0.05, 0) is 31.4 Å². The molecule has 0 radical (unpaired) electrons. The van der Waals surface area contributed by atoms with E-state index in [4.69, 9.17) is 4.74 Å². The Labute approximate surface area is 183 Å². The quantitative estimate of drug-likeness (QED) is 0.396. The van der Waals surface area contributed by atoms with Crippen molar-refractivity contribution >= 4 is 28.6 Å². The zero-order valence-corrected chi connectivity index (χ0v) is 18.4. The number of hydrogen-bond donors (Lipinski definition) is 3. The molecule has 0 saturated heterocycles. The minimum Gasteiger partial charge on any atom is -0.465 e. The van der Waals surface area contributed by atoms with E-state index in [1.165, 1.54) is 11.8 Å². The molecule has 0 aliphatic rings. The lowest BCUT2D eigenvalue weighted by Gasteiger charge is -2.11. The maximum Gasteiger partial charge on any atom is 0.339 e. The van der Waals surface area contributed by atoms with Gasteiger partial charge in [0.2, 0.25) is 0 Å². The van der Waals surface area contributed by atoms with Crippen molar-refractivity contribution in [1.82, 2.24) is 25.6 Å². The molecule has 10 nitrogen and oxygen atoms in total. The number of hydrazine groups is 1. The van der Waals surface area contributed by atoms with Crippen LogP contribution in [0.2, 0.25) is 0 Å². The molecule has 3 N–H and O–H groups in total. The smallest absolute Gasteiger partial charge is 0.339 e. The minimum atomic E-state index is -0.674. The van der Waals surface area contributed by atoms with Gasteiger partial charge in [-0.3, -0.25) is 25.2 Å². The molecule has 0 bridgehead atoms. The summed E-state index contributed by atoms with van der Waals surface area (Å²) in [6.07, 6.45) is 1.15. The molecule has 0 fully saturated rings. The number of aryl methyl sites for hydroxylation is 2. The van der Waals surface area contributed by atoms with Crippen LogP contribution in [0.15, 0.2) is 29.1 Å². The molecule has 2 amide bonds. The number of carbonyl (C=O) groups is 3. The number of nitrogens with zero attached hydrogens (tertiary/aromatic N) is 2. The van der Waals surface area contributed by atoms with Gasteiger partial charge in [-0.2, -0.15) is 5.10 Å². The lowest BCUT2D eigenvalue weighted by Crippen LogP contribution is -2.43. The van der Waals surface area contributed by atoms with Crippen molar-refractivity contribution in [3.05, 3.63) is 62.8 Å². The highest BCUT2D eigenvalue weighted by Gasteiger charge is 2.24. The first-order valence-corrected chi connectivity index (χ1v) is 10.2. The number of ether oxygens (including phenoxy) is 1. The molecule has 2 heterocycles. The molecule has 3 aromatic rings. The summed E-state index contributed by atoms with van der Waals surface area (Å²) in [5.41, 5.74) is 5.82. The largest absolute Gasteiger partial charge is 0.465 e. The number of aromatic nitrogens is 3. The first-order valence-electron chi connectivity index (χ1n) is 10.2. The Kier molecular flexibility index (Phi) is 6.72. The van der Waals surface area contributed by atoms with Crippen molar-refractivity contribution in [2.45, 2.75) is 40.2 Å². The van der Waals surface area contributed by atoms with E-state index in [0.29, 0.717) is 47.0 Å². The van der Waals surface area contributed by atoms with E-state index in [2.05, 4.69) is 20.9 Å². The van der Waals surface area contributed by atoms with Crippen LogP contribution in [0.25, 0.3) is 10.8 Å². The lowest BCUT2D eigenvalue weighted by molar-refractivity contribution is 0.0598. The number of amides is 2. The molecule has 0 atom stereocenters. The average molecular weight is 439 g/mol. The van der Waals surface area contributed by atoms with Gasteiger partial charge in [-0.15, -0.1) is 0 Å². The number of aromatic amines is 1. The number of benzene rings is 1. The van der Waals surface area contributed by atoms with Crippen molar-refractivity contribution < 1.29 is 19.1 Å². The third-order valence-electron chi connectivity index (χ3n) is 5.11. The Balaban J connectivity index is 1.88. The van der Waals surface area contributed by atoms with Crippen molar-refractivity contribution in [1.29, 1.82) is 0 Å². The topological polar surface area (TPSA) is 135 Å². The number of H-pyrrole nitrogens is 1. The molecule has 0 spiro atoms. The fourth-order valence-electron chi connectivity index (χ4n) is 3.53. The molecular formula is C22H25N5O5. The normalized spacial score (nSPS) is 10.8. The van der Waals surface area contributed by atoms with Gasteiger partial charge >= 0.3 is 5.97 Å². The van der Waals surface area contributed by atoms with E-state index < -0.39 is 17.8 Å². The van der Waals surface area contributed by atoms with Crippen molar-refractivity contribution in [2.75, 3.05) is 7.11 Å². The monoisotopic (exact) mass is 439 g/mol. The molecule has 32 heavy (non-hydrogen) atoms. The summed E-state index contributed by atoms with van der Waals surface area (Å²) >= 11 is 0. The van der Waals surface area contributed by atoms with Crippen LogP contribution < -0.4 is 16.4 Å². The zero-order valence-electron chi connectivity index (χ0n) is 18.4. The van der Waals surface area contributed by atoms with Crippen LogP contribution >= 0.6 is 0 Å². The second-order valence-electron chi connectivity index (χ2n) is 7.15. The van der Waals surface area contributed by atoms with Crippen LogP contribution in [0.4, 0.5) is 0 Å². The highest BCUT2D eigenvalue weighted by atomic mass is 16.5. The summed E-state index contributed by atoms with van der Waals surface area (Å²) in [6.45, 7) is 5.71. The van der Waals surface area contributed by atoms with Gasteiger partial charge in [0.05, 0.1) is 18.1 Å². The maximum atomic E-state index is 12.8. The van der Waals surface area contributed by atoms with Crippen molar-refractivity contribution in [3.63, 3.8) is 0 Å². The van der Waals surface area contributed by atoms with E-state index in [0.717, 1.165) is 0 Å². The maximum absolute atomic E-state index is 12.8. The van der Waals surface area contributed by atoms with Crippen molar-refractivity contribution in [3.8, 4) is 0 Å². The minimum absolute atomic E-state index is 0.0154. The highest BCUT2D eigenvalue weighted by Crippen LogP contribution is 2.20. The third kappa shape index (κ3) is 4.11. The first kappa shape index (κ1) is 22.7.